The van der Waals surface area contributed by atoms with Crippen LogP contribution in [-0.4, -0.2) is 50.3 Å². The molecule has 29 heavy (non-hydrogen) atoms. The molecule has 5 nitrogen and oxygen atoms in total. The molecule has 154 valence electrons. The summed E-state index contributed by atoms with van der Waals surface area (Å²) in [5.74, 6) is 0.754. The lowest BCUT2D eigenvalue weighted by atomic mass is 10.1. The maximum atomic E-state index is 13.4. The topological polar surface area (TPSA) is 42.0 Å². The van der Waals surface area contributed by atoms with Crippen molar-refractivity contribution >= 4 is 23.2 Å². The van der Waals surface area contributed by atoms with E-state index in [1.165, 1.54) is 0 Å². The van der Waals surface area contributed by atoms with Gasteiger partial charge in [-0.3, -0.25) is 4.79 Å². The Morgan fingerprint density at radius 2 is 1.97 bits per heavy atom. The molecule has 2 heterocycles. The molecule has 0 N–H and O–H groups in total. The van der Waals surface area contributed by atoms with Gasteiger partial charge in [-0.15, -0.1) is 0 Å². The molecular formula is C23H27ClN2O3. The van der Waals surface area contributed by atoms with Crippen LogP contribution in [-0.2, 0) is 22.5 Å². The van der Waals surface area contributed by atoms with Gasteiger partial charge in [-0.2, -0.15) is 0 Å². The molecule has 0 bridgehead atoms. The van der Waals surface area contributed by atoms with Crippen LogP contribution in [0.1, 0.15) is 24.0 Å². The van der Waals surface area contributed by atoms with Gasteiger partial charge in [0.2, 0.25) is 0 Å². The molecule has 1 saturated heterocycles. The van der Waals surface area contributed by atoms with Crippen LogP contribution in [0.5, 0.6) is 5.75 Å². The highest BCUT2D eigenvalue weighted by Gasteiger charge is 2.34. The Bertz CT molecular complexity index is 863. The van der Waals surface area contributed by atoms with Gasteiger partial charge in [-0.1, -0.05) is 23.7 Å². The first-order valence-corrected chi connectivity index (χ1v) is 10.5. The first-order valence-electron chi connectivity index (χ1n) is 10.1. The molecule has 0 radical (unpaired) electrons. The molecule has 6 heteroatoms. The Morgan fingerprint density at radius 3 is 2.66 bits per heavy atom. The summed E-state index contributed by atoms with van der Waals surface area (Å²) in [5.41, 5.74) is 3.22. The van der Waals surface area contributed by atoms with Crippen LogP contribution in [0.2, 0.25) is 5.02 Å². The lowest BCUT2D eigenvalue weighted by molar-refractivity contribution is -0.140. The molecule has 2 aromatic rings. The van der Waals surface area contributed by atoms with Gasteiger partial charge in [-0.05, 0) is 54.3 Å². The Morgan fingerprint density at radius 1 is 1.17 bits per heavy atom. The van der Waals surface area contributed by atoms with Crippen molar-refractivity contribution in [3.63, 3.8) is 0 Å². The van der Waals surface area contributed by atoms with Gasteiger partial charge in [0.1, 0.15) is 5.75 Å². The fourth-order valence-corrected chi connectivity index (χ4v) is 4.14. The number of nitrogens with zero attached hydrogens (tertiary/aromatic N) is 2. The zero-order valence-electron chi connectivity index (χ0n) is 16.9. The van der Waals surface area contributed by atoms with Crippen LogP contribution in [0.15, 0.2) is 42.5 Å². The first kappa shape index (κ1) is 20.0. The number of ether oxygens (including phenoxy) is 2. The van der Waals surface area contributed by atoms with Gasteiger partial charge in [0.15, 0.2) is 6.10 Å². The van der Waals surface area contributed by atoms with Gasteiger partial charge in [0.25, 0.3) is 5.91 Å². The number of carbonyl (C=O) groups excluding carboxylic acids is 1. The van der Waals surface area contributed by atoms with Crippen LogP contribution in [0.3, 0.4) is 0 Å². The van der Waals surface area contributed by atoms with E-state index in [1.54, 1.807) is 6.07 Å². The second-order valence-electron chi connectivity index (χ2n) is 7.98. The molecule has 1 amide bonds. The minimum absolute atomic E-state index is 0.00417. The molecule has 2 atom stereocenters. The van der Waals surface area contributed by atoms with E-state index in [-0.39, 0.29) is 12.0 Å². The summed E-state index contributed by atoms with van der Waals surface area (Å²) in [4.78, 5) is 17.3. The van der Waals surface area contributed by atoms with Crippen LogP contribution in [0.4, 0.5) is 5.69 Å². The first-order chi connectivity index (χ1) is 14.0. The summed E-state index contributed by atoms with van der Waals surface area (Å²) in [5, 5.41) is 0.664. The number of hydrogen-bond donors (Lipinski definition) is 0. The molecular weight excluding hydrogens is 388 g/mol. The van der Waals surface area contributed by atoms with E-state index in [4.69, 9.17) is 21.1 Å². The number of anilines is 1. The van der Waals surface area contributed by atoms with E-state index < -0.39 is 6.10 Å². The number of carbonyl (C=O) groups is 1. The predicted octanol–water partition coefficient (Wildman–Crippen LogP) is 3.92. The molecule has 0 aromatic heterocycles. The summed E-state index contributed by atoms with van der Waals surface area (Å²) in [7, 11) is 4.03. The highest BCUT2D eigenvalue weighted by atomic mass is 35.5. The van der Waals surface area contributed by atoms with E-state index in [9.17, 15) is 4.79 Å². The number of halogens is 1. The standard InChI is InChI=1S/C23H27ClN2O3/c1-25(2)19-8-5-16(6-9-19)14-26(15-20-4-3-11-28-20)23(27)22-13-17-12-18(24)7-10-21(17)29-22/h5-10,12,20,22H,3-4,11,13-15H2,1-2H3/t20-,22+/m1/s1. The normalized spacial score (nSPS) is 20.2. The highest BCUT2D eigenvalue weighted by Crippen LogP contribution is 2.32. The van der Waals surface area contributed by atoms with Crippen LogP contribution >= 0.6 is 11.6 Å². The SMILES string of the molecule is CN(C)c1ccc(CN(C[C@H]2CCCO2)C(=O)[C@@H]2Cc3cc(Cl)ccc3O2)cc1. The van der Waals surface area contributed by atoms with Crippen LogP contribution in [0.25, 0.3) is 0 Å². The molecule has 4 rings (SSSR count). The summed E-state index contributed by atoms with van der Waals surface area (Å²) < 4.78 is 11.8. The van der Waals surface area contributed by atoms with Crippen molar-refractivity contribution in [2.75, 3.05) is 32.1 Å². The number of rotatable bonds is 6. The maximum Gasteiger partial charge on any atom is 0.264 e. The van der Waals surface area contributed by atoms with Crippen LogP contribution in [0, 0.1) is 0 Å². The van der Waals surface area contributed by atoms with Gasteiger partial charge in [0, 0.05) is 50.9 Å². The van der Waals surface area contributed by atoms with E-state index in [0.717, 1.165) is 42.0 Å². The van der Waals surface area contributed by atoms with Gasteiger partial charge in [-0.25, -0.2) is 0 Å². The maximum absolute atomic E-state index is 13.4. The number of benzene rings is 2. The smallest absolute Gasteiger partial charge is 0.264 e. The van der Waals surface area contributed by atoms with Gasteiger partial charge >= 0.3 is 0 Å². The van der Waals surface area contributed by atoms with Crippen molar-refractivity contribution in [3.05, 3.63) is 58.6 Å². The van der Waals surface area contributed by atoms with Crippen molar-refractivity contribution in [2.45, 2.75) is 38.0 Å². The Balaban J connectivity index is 1.49. The van der Waals surface area contributed by atoms with Crippen molar-refractivity contribution < 1.29 is 14.3 Å². The molecule has 2 aliphatic heterocycles. The van der Waals surface area contributed by atoms with Gasteiger partial charge in [0.05, 0.1) is 6.10 Å². The highest BCUT2D eigenvalue weighted by molar-refractivity contribution is 6.30. The van der Waals surface area contributed by atoms with E-state index in [2.05, 4.69) is 29.2 Å². The van der Waals surface area contributed by atoms with Crippen molar-refractivity contribution in [3.8, 4) is 5.75 Å². The van der Waals surface area contributed by atoms with E-state index in [0.29, 0.717) is 24.5 Å². The molecule has 0 saturated carbocycles. The molecule has 1 fully saturated rings. The third kappa shape index (κ3) is 4.68. The van der Waals surface area contributed by atoms with Crippen molar-refractivity contribution in [2.24, 2.45) is 0 Å². The summed E-state index contributed by atoms with van der Waals surface area (Å²) in [6.07, 6.45) is 2.18. The van der Waals surface area contributed by atoms with Crippen molar-refractivity contribution in [1.29, 1.82) is 0 Å². The summed E-state index contributed by atoms with van der Waals surface area (Å²) >= 11 is 6.10. The molecule has 0 unspecified atom stereocenters. The summed E-state index contributed by atoms with van der Waals surface area (Å²) in [6.45, 7) is 1.91. The average molecular weight is 415 g/mol. The summed E-state index contributed by atoms with van der Waals surface area (Å²) in [6, 6.07) is 13.8. The lowest BCUT2D eigenvalue weighted by Crippen LogP contribution is -2.44. The fraction of sp³-hybridized carbons (Fsp3) is 0.435. The fourth-order valence-electron chi connectivity index (χ4n) is 3.94. The average Bonchev–Trinajstić information content (AvgIpc) is 3.36. The lowest BCUT2D eigenvalue weighted by Gasteiger charge is -2.28. The zero-order chi connectivity index (χ0) is 20.4. The second-order valence-corrected chi connectivity index (χ2v) is 8.41. The quantitative estimate of drug-likeness (QED) is 0.718. The second kappa shape index (κ2) is 8.64. The van der Waals surface area contributed by atoms with Crippen LogP contribution < -0.4 is 9.64 Å². The Labute approximate surface area is 177 Å². The third-order valence-electron chi connectivity index (χ3n) is 5.56. The number of hydrogen-bond acceptors (Lipinski definition) is 4. The molecule has 0 aliphatic carbocycles. The van der Waals surface area contributed by atoms with E-state index >= 15 is 0 Å². The monoisotopic (exact) mass is 414 g/mol. The minimum Gasteiger partial charge on any atom is -0.480 e. The minimum atomic E-state index is -0.508. The molecule has 2 aromatic carbocycles. The molecule has 0 spiro atoms. The number of amides is 1. The molecule has 2 aliphatic rings. The Kier molecular flexibility index (Phi) is 5.97. The van der Waals surface area contributed by atoms with Crippen molar-refractivity contribution in [1.82, 2.24) is 4.90 Å². The van der Waals surface area contributed by atoms with Gasteiger partial charge < -0.3 is 19.3 Å². The number of fused-ring (bicyclic) bond motifs is 1. The third-order valence-corrected chi connectivity index (χ3v) is 5.79. The zero-order valence-corrected chi connectivity index (χ0v) is 17.7. The van der Waals surface area contributed by atoms with E-state index in [1.807, 2.05) is 31.1 Å². The predicted molar refractivity (Wildman–Crippen MR) is 115 cm³/mol. The largest absolute Gasteiger partial charge is 0.480 e. The Hall–Kier alpha value is -2.24.